The first kappa shape index (κ1) is 59.3. The number of aliphatic carboxylic acids is 1. The van der Waals surface area contributed by atoms with E-state index in [1.807, 2.05) is 0 Å². The number of unbranched alkanes of at least 4 members (excludes halogenated alkanes) is 24. The van der Waals surface area contributed by atoms with Crippen molar-refractivity contribution in [3.05, 3.63) is 48.6 Å². The molecular formula is C54H97NO7. The third kappa shape index (κ3) is 42.6. The van der Waals surface area contributed by atoms with Gasteiger partial charge < -0.3 is 28.6 Å². The first-order valence-corrected chi connectivity index (χ1v) is 25.7. The highest BCUT2D eigenvalue weighted by Gasteiger charge is 2.25. The lowest BCUT2D eigenvalue weighted by Crippen LogP contribution is -2.55. The second-order valence-corrected chi connectivity index (χ2v) is 18.4. The highest BCUT2D eigenvalue weighted by molar-refractivity contribution is 5.70. The van der Waals surface area contributed by atoms with Gasteiger partial charge in [0.15, 0.2) is 6.10 Å². The smallest absolute Gasteiger partial charge is 0.306 e. The molecular weight excluding hydrogens is 775 g/mol. The fraction of sp³-hybridized carbons (Fsp3) is 0.796. The maximum Gasteiger partial charge on any atom is 0.306 e. The lowest BCUT2D eigenvalue weighted by Gasteiger charge is -2.34. The van der Waals surface area contributed by atoms with Crippen LogP contribution in [-0.4, -0.2) is 75.5 Å². The number of nitrogens with zero attached hydrogens (tertiary/aromatic N) is 1. The molecule has 8 heteroatoms. The van der Waals surface area contributed by atoms with Gasteiger partial charge in [0.05, 0.1) is 40.3 Å². The van der Waals surface area contributed by atoms with E-state index < -0.39 is 18.1 Å². The zero-order valence-corrected chi connectivity index (χ0v) is 41.0. The third-order valence-electron chi connectivity index (χ3n) is 11.4. The van der Waals surface area contributed by atoms with E-state index in [4.69, 9.17) is 14.2 Å². The van der Waals surface area contributed by atoms with Crippen LogP contribution in [0.5, 0.6) is 0 Å². The first-order valence-electron chi connectivity index (χ1n) is 25.7. The Morgan fingerprint density at radius 1 is 0.484 bits per heavy atom. The van der Waals surface area contributed by atoms with Crippen LogP contribution in [0.25, 0.3) is 0 Å². The zero-order chi connectivity index (χ0) is 45.6. The average Bonchev–Trinajstić information content (AvgIpc) is 3.23. The molecule has 0 saturated heterocycles. The second-order valence-electron chi connectivity index (χ2n) is 18.4. The summed E-state index contributed by atoms with van der Waals surface area (Å²) in [6.07, 6.45) is 54.4. The van der Waals surface area contributed by atoms with E-state index in [9.17, 15) is 19.5 Å². The highest BCUT2D eigenvalue weighted by Crippen LogP contribution is 2.14. The number of quaternary nitrogens is 1. The van der Waals surface area contributed by atoms with Crippen LogP contribution in [0.3, 0.4) is 0 Å². The summed E-state index contributed by atoms with van der Waals surface area (Å²) in [5.41, 5.74) is 0. The van der Waals surface area contributed by atoms with Crippen molar-refractivity contribution < 1.29 is 38.2 Å². The summed E-state index contributed by atoms with van der Waals surface area (Å²) in [7, 11) is 5.40. The lowest BCUT2D eigenvalue weighted by atomic mass is 10.1. The highest BCUT2D eigenvalue weighted by atomic mass is 16.6. The van der Waals surface area contributed by atoms with Crippen LogP contribution in [0.1, 0.15) is 226 Å². The molecule has 62 heavy (non-hydrogen) atoms. The molecule has 0 bridgehead atoms. The van der Waals surface area contributed by atoms with Crippen molar-refractivity contribution in [1.29, 1.82) is 0 Å². The van der Waals surface area contributed by atoms with Crippen molar-refractivity contribution >= 4 is 17.9 Å². The number of allylic oxidation sites excluding steroid dienone is 8. The lowest BCUT2D eigenvalue weighted by molar-refractivity contribution is -0.889. The Labute approximate surface area is 382 Å². The molecule has 0 N–H and O–H groups in total. The molecule has 0 fully saturated rings. The number of likely N-dealkylation sites (N-methyl/N-ethyl adjacent to an activating group) is 1. The van der Waals surface area contributed by atoms with Crippen LogP contribution in [-0.2, 0) is 28.6 Å². The quantitative estimate of drug-likeness (QED) is 0.0260. The summed E-state index contributed by atoms with van der Waals surface area (Å²) >= 11 is 0. The second kappa shape index (κ2) is 44.9. The first-order chi connectivity index (χ1) is 30.1. The van der Waals surface area contributed by atoms with E-state index in [1.165, 1.54) is 148 Å². The Hall–Kier alpha value is -2.71. The van der Waals surface area contributed by atoms with Crippen LogP contribution in [0.4, 0.5) is 0 Å². The summed E-state index contributed by atoms with van der Waals surface area (Å²) < 4.78 is 17.2. The molecule has 0 amide bonds. The monoisotopic (exact) mass is 872 g/mol. The molecule has 0 aliphatic carbocycles. The van der Waals surface area contributed by atoms with Gasteiger partial charge in [-0.05, 0) is 70.6 Å². The van der Waals surface area contributed by atoms with Crippen LogP contribution >= 0.6 is 0 Å². The molecule has 0 aromatic rings. The Balaban J connectivity index is 4.31. The van der Waals surface area contributed by atoms with Crippen molar-refractivity contribution in [2.75, 3.05) is 41.0 Å². The van der Waals surface area contributed by atoms with Gasteiger partial charge in [0, 0.05) is 19.3 Å². The van der Waals surface area contributed by atoms with Gasteiger partial charge in [-0.25, -0.2) is 0 Å². The van der Waals surface area contributed by atoms with E-state index >= 15 is 0 Å². The summed E-state index contributed by atoms with van der Waals surface area (Å²) in [5.74, 6) is -1.80. The van der Waals surface area contributed by atoms with E-state index in [0.29, 0.717) is 12.8 Å². The predicted octanol–water partition coefficient (Wildman–Crippen LogP) is 13.4. The summed E-state index contributed by atoms with van der Waals surface area (Å²) in [5, 5.41) is 11.7. The number of rotatable bonds is 46. The van der Waals surface area contributed by atoms with Crippen LogP contribution < -0.4 is 5.11 Å². The minimum Gasteiger partial charge on any atom is -0.544 e. The Morgan fingerprint density at radius 3 is 1.32 bits per heavy atom. The van der Waals surface area contributed by atoms with Gasteiger partial charge in [0.1, 0.15) is 12.6 Å². The normalized spacial score (nSPS) is 13.2. The van der Waals surface area contributed by atoms with E-state index in [-0.39, 0.29) is 49.1 Å². The van der Waals surface area contributed by atoms with Gasteiger partial charge in [0.25, 0.3) is 0 Å². The van der Waals surface area contributed by atoms with Crippen LogP contribution in [0.15, 0.2) is 48.6 Å². The predicted molar refractivity (Wildman–Crippen MR) is 259 cm³/mol. The maximum atomic E-state index is 12.7. The van der Waals surface area contributed by atoms with E-state index in [2.05, 4.69) is 62.5 Å². The number of esters is 2. The molecule has 0 spiro atoms. The van der Waals surface area contributed by atoms with Gasteiger partial charge in [-0.1, -0.05) is 184 Å². The standard InChI is InChI=1S/C54H97NO7/c1-6-8-10-12-14-16-18-20-22-24-25-26-27-29-30-32-34-36-38-40-42-44-52(56)61-49-50(48-60-47-46-51(54(58)59)55(3,4)5)62-53(57)45-43-41-39-37-35-33-31-28-23-21-19-17-15-13-11-9-7-2/h21,23,26-27,31,33,37,39,50-51H,6-20,22,24-25,28-30,32,34-36,38,40-49H2,1-5H3/b23-21+,27-26+,33-31+,39-37+. The molecule has 8 nitrogen and oxygen atoms in total. The molecule has 0 aliphatic heterocycles. The SMILES string of the molecule is CCCCCCCC/C=C/C/C=C/C/C=C/CCCC(=O)OC(COCCC(C(=O)[O-])[N+](C)(C)C)COC(=O)CCCCCCCCC/C=C/CCCCCCCCCCCC. The maximum absolute atomic E-state index is 12.7. The largest absolute Gasteiger partial charge is 0.544 e. The van der Waals surface area contributed by atoms with Crippen molar-refractivity contribution in [2.24, 2.45) is 0 Å². The fourth-order valence-electron chi connectivity index (χ4n) is 7.44. The molecule has 2 unspecified atom stereocenters. The number of hydrogen-bond donors (Lipinski definition) is 0. The van der Waals surface area contributed by atoms with Gasteiger partial charge in [-0.15, -0.1) is 0 Å². The molecule has 0 rings (SSSR count). The Morgan fingerprint density at radius 2 is 0.871 bits per heavy atom. The average molecular weight is 872 g/mol. The van der Waals surface area contributed by atoms with Crippen molar-refractivity contribution in [2.45, 2.75) is 238 Å². The van der Waals surface area contributed by atoms with Crippen LogP contribution in [0.2, 0.25) is 0 Å². The molecule has 360 valence electrons. The molecule has 0 radical (unpaired) electrons. The third-order valence-corrected chi connectivity index (χ3v) is 11.4. The van der Waals surface area contributed by atoms with Gasteiger partial charge in [-0.2, -0.15) is 0 Å². The summed E-state index contributed by atoms with van der Waals surface area (Å²) in [4.78, 5) is 37.0. The number of carboxylic acids is 1. The number of carbonyl (C=O) groups excluding carboxylic acids is 3. The van der Waals surface area contributed by atoms with E-state index in [1.54, 1.807) is 21.1 Å². The molecule has 0 saturated carbocycles. The van der Waals surface area contributed by atoms with Crippen molar-refractivity contribution in [3.8, 4) is 0 Å². The van der Waals surface area contributed by atoms with E-state index in [0.717, 1.165) is 38.5 Å². The zero-order valence-electron chi connectivity index (χ0n) is 41.0. The Bertz CT molecular complexity index is 1150. The molecule has 0 aliphatic rings. The number of carbonyl (C=O) groups is 3. The van der Waals surface area contributed by atoms with Crippen LogP contribution in [0, 0.1) is 0 Å². The topological polar surface area (TPSA) is 102 Å². The minimum absolute atomic E-state index is 0.0194. The summed E-state index contributed by atoms with van der Waals surface area (Å²) in [6, 6.07) is -0.736. The molecule has 0 aromatic heterocycles. The summed E-state index contributed by atoms with van der Waals surface area (Å²) in [6.45, 7) is 4.62. The van der Waals surface area contributed by atoms with Gasteiger partial charge in [0.2, 0.25) is 0 Å². The van der Waals surface area contributed by atoms with Gasteiger partial charge in [-0.3, -0.25) is 9.59 Å². The minimum atomic E-state index is -1.13. The van der Waals surface area contributed by atoms with Gasteiger partial charge >= 0.3 is 11.9 Å². The fourth-order valence-corrected chi connectivity index (χ4v) is 7.44. The number of ether oxygens (including phenoxy) is 3. The Kier molecular flexibility index (Phi) is 42.9. The molecule has 0 aromatic carbocycles. The number of carboxylic acid groups (broad SMARTS) is 1. The molecule has 0 heterocycles. The number of hydrogen-bond acceptors (Lipinski definition) is 7. The van der Waals surface area contributed by atoms with Crippen molar-refractivity contribution in [1.82, 2.24) is 0 Å². The van der Waals surface area contributed by atoms with Crippen molar-refractivity contribution in [3.63, 3.8) is 0 Å². The molecule has 2 atom stereocenters.